The average Bonchev–Trinajstić information content (AvgIpc) is 3.58. The van der Waals surface area contributed by atoms with E-state index in [1.54, 1.807) is 0 Å². The SMILES string of the molecule is Cc1cc2c3c(c1)N(c1ccc(C(C)(C)C)cc1-c1ccccc1)c1cc(N(c4ccccc4)c4ccccc4)ccc1B3n1c3ccccc3c3cccc-2c31. The fourth-order valence-corrected chi connectivity index (χ4v) is 9.57. The van der Waals surface area contributed by atoms with Crippen LogP contribution in [0.5, 0.6) is 0 Å². The Morgan fingerprint density at radius 3 is 1.88 bits per heavy atom. The Labute approximate surface area is 335 Å². The summed E-state index contributed by atoms with van der Waals surface area (Å²) in [7, 11) is 0. The van der Waals surface area contributed by atoms with Crippen LogP contribution in [-0.4, -0.2) is 11.3 Å². The first-order valence-corrected chi connectivity index (χ1v) is 20.1. The van der Waals surface area contributed by atoms with E-state index in [0.29, 0.717) is 0 Å². The van der Waals surface area contributed by atoms with E-state index in [2.05, 4.69) is 224 Å². The predicted molar refractivity (Wildman–Crippen MR) is 244 cm³/mol. The van der Waals surface area contributed by atoms with E-state index in [4.69, 9.17) is 0 Å². The average molecular weight is 732 g/mol. The van der Waals surface area contributed by atoms with Gasteiger partial charge in [0.1, 0.15) is 0 Å². The molecule has 3 nitrogen and oxygen atoms in total. The summed E-state index contributed by atoms with van der Waals surface area (Å²) in [5, 5.41) is 2.60. The highest BCUT2D eigenvalue weighted by Crippen LogP contribution is 2.49. The third-order valence-corrected chi connectivity index (χ3v) is 12.1. The number of rotatable bonds is 5. The van der Waals surface area contributed by atoms with Crippen LogP contribution in [0, 0.1) is 6.92 Å². The lowest BCUT2D eigenvalue weighted by atomic mass is 9.45. The van der Waals surface area contributed by atoms with Crippen LogP contribution >= 0.6 is 0 Å². The summed E-state index contributed by atoms with van der Waals surface area (Å²) in [6, 6.07) is 67.5. The van der Waals surface area contributed by atoms with Gasteiger partial charge >= 0.3 is 6.85 Å². The second kappa shape index (κ2) is 12.6. The van der Waals surface area contributed by atoms with Crippen LogP contribution in [0.3, 0.4) is 0 Å². The molecular formula is C53H42BN3. The maximum absolute atomic E-state index is 2.64. The van der Waals surface area contributed by atoms with Crippen molar-refractivity contribution < 1.29 is 0 Å². The van der Waals surface area contributed by atoms with E-state index in [1.807, 2.05) is 0 Å². The Bertz CT molecular complexity index is 2980. The molecule has 11 rings (SSSR count). The molecule has 272 valence electrons. The monoisotopic (exact) mass is 731 g/mol. The lowest BCUT2D eigenvalue weighted by Gasteiger charge is -2.42. The van der Waals surface area contributed by atoms with Gasteiger partial charge < -0.3 is 14.3 Å². The number of nitrogens with zero attached hydrogens (tertiary/aromatic N) is 3. The van der Waals surface area contributed by atoms with Gasteiger partial charge in [0, 0.05) is 61.4 Å². The van der Waals surface area contributed by atoms with Gasteiger partial charge in [-0.05, 0) is 106 Å². The van der Waals surface area contributed by atoms with Crippen molar-refractivity contribution in [2.45, 2.75) is 33.1 Å². The first kappa shape index (κ1) is 33.6. The zero-order chi connectivity index (χ0) is 38.4. The molecule has 4 heteroatoms. The molecule has 0 atom stereocenters. The van der Waals surface area contributed by atoms with Crippen molar-refractivity contribution in [3.8, 4) is 22.3 Å². The molecule has 1 aromatic heterocycles. The van der Waals surface area contributed by atoms with E-state index < -0.39 is 0 Å². The van der Waals surface area contributed by atoms with E-state index in [9.17, 15) is 0 Å². The molecule has 0 fully saturated rings. The quantitative estimate of drug-likeness (QED) is 0.163. The lowest BCUT2D eigenvalue weighted by Crippen LogP contribution is -2.56. The summed E-state index contributed by atoms with van der Waals surface area (Å²) >= 11 is 0. The minimum Gasteiger partial charge on any atom is -0.375 e. The summed E-state index contributed by atoms with van der Waals surface area (Å²) in [4.78, 5) is 4.97. The van der Waals surface area contributed by atoms with Crippen LogP contribution in [0.2, 0.25) is 0 Å². The Kier molecular flexibility index (Phi) is 7.43. The second-order valence-electron chi connectivity index (χ2n) is 16.7. The predicted octanol–water partition coefficient (Wildman–Crippen LogP) is 13.0. The first-order valence-electron chi connectivity index (χ1n) is 20.1. The molecule has 0 amide bonds. The molecule has 3 heterocycles. The van der Waals surface area contributed by atoms with Gasteiger partial charge in [0.05, 0.1) is 5.69 Å². The van der Waals surface area contributed by atoms with E-state index in [1.165, 1.54) is 83.2 Å². The summed E-state index contributed by atoms with van der Waals surface area (Å²) in [5.74, 6) is 0. The minimum absolute atomic E-state index is 0.0148. The Morgan fingerprint density at radius 2 is 1.16 bits per heavy atom. The van der Waals surface area contributed by atoms with Gasteiger partial charge in [-0.25, -0.2) is 0 Å². The minimum atomic E-state index is -0.0240. The zero-order valence-electron chi connectivity index (χ0n) is 32.7. The molecule has 0 saturated carbocycles. The topological polar surface area (TPSA) is 11.4 Å². The molecule has 0 unspecified atom stereocenters. The highest BCUT2D eigenvalue weighted by atomic mass is 15.2. The standard InChI is InChI=1S/C53H42BN3/c1-35-31-45-43-25-16-24-42-41-23-14-15-26-48(41)57(52(42)43)54-46-29-28-40(55(38-19-10-6-11-20-38)39-21-12-7-13-22-39)34-49(46)56(50(32-35)51(45)54)47-30-27-37(53(2,3)4)33-44(47)36-17-8-5-9-18-36/h5-34H,1-4H3. The van der Waals surface area contributed by atoms with Crippen LogP contribution in [0.15, 0.2) is 182 Å². The molecule has 8 aromatic carbocycles. The van der Waals surface area contributed by atoms with Gasteiger partial charge in [-0.15, -0.1) is 0 Å². The zero-order valence-corrected chi connectivity index (χ0v) is 32.7. The summed E-state index contributed by atoms with van der Waals surface area (Å²) in [6.45, 7) is 9.16. The fourth-order valence-electron chi connectivity index (χ4n) is 9.57. The molecule has 57 heavy (non-hydrogen) atoms. The van der Waals surface area contributed by atoms with Gasteiger partial charge in [-0.3, -0.25) is 0 Å². The lowest BCUT2D eigenvalue weighted by molar-refractivity contribution is 0.590. The molecule has 0 spiro atoms. The van der Waals surface area contributed by atoms with Gasteiger partial charge in [-0.1, -0.05) is 142 Å². The van der Waals surface area contributed by atoms with E-state index >= 15 is 0 Å². The molecule has 0 aliphatic carbocycles. The molecule has 0 bridgehead atoms. The maximum atomic E-state index is 2.64. The van der Waals surface area contributed by atoms with Crippen molar-refractivity contribution >= 4 is 73.7 Å². The third kappa shape index (κ3) is 5.13. The molecule has 0 N–H and O–H groups in total. The molecule has 9 aromatic rings. The number of aryl methyl sites for hydroxylation is 1. The van der Waals surface area contributed by atoms with Crippen LogP contribution in [0.4, 0.5) is 34.1 Å². The number of benzene rings is 8. The maximum Gasteiger partial charge on any atom is 0.333 e. The smallest absolute Gasteiger partial charge is 0.333 e. The highest BCUT2D eigenvalue weighted by Gasteiger charge is 2.43. The summed E-state index contributed by atoms with van der Waals surface area (Å²) in [5.41, 5.74) is 19.7. The van der Waals surface area contributed by atoms with E-state index in [-0.39, 0.29) is 12.3 Å². The molecule has 2 aliphatic heterocycles. The normalized spacial score (nSPS) is 12.8. The van der Waals surface area contributed by atoms with Crippen LogP contribution in [0.1, 0.15) is 31.9 Å². The second-order valence-corrected chi connectivity index (χ2v) is 16.7. The third-order valence-electron chi connectivity index (χ3n) is 12.1. The molecule has 0 radical (unpaired) electrons. The van der Waals surface area contributed by atoms with Crippen LogP contribution < -0.4 is 20.7 Å². The number of hydrogen-bond acceptors (Lipinski definition) is 2. The van der Waals surface area contributed by atoms with Gasteiger partial charge in [-0.2, -0.15) is 0 Å². The fraction of sp³-hybridized carbons (Fsp3) is 0.0943. The van der Waals surface area contributed by atoms with E-state index in [0.717, 1.165) is 17.1 Å². The Morgan fingerprint density at radius 1 is 0.491 bits per heavy atom. The van der Waals surface area contributed by atoms with Gasteiger partial charge in [0.15, 0.2) is 0 Å². The van der Waals surface area contributed by atoms with Gasteiger partial charge in [0.25, 0.3) is 0 Å². The Hall–Kier alpha value is -6.78. The van der Waals surface area contributed by atoms with Crippen molar-refractivity contribution in [1.29, 1.82) is 0 Å². The van der Waals surface area contributed by atoms with Crippen molar-refractivity contribution in [2.24, 2.45) is 0 Å². The molecule has 0 saturated heterocycles. The number of para-hydroxylation sites is 4. The largest absolute Gasteiger partial charge is 0.375 e. The number of aromatic nitrogens is 1. The van der Waals surface area contributed by atoms with Gasteiger partial charge in [0.2, 0.25) is 0 Å². The van der Waals surface area contributed by atoms with Crippen molar-refractivity contribution in [2.75, 3.05) is 9.80 Å². The van der Waals surface area contributed by atoms with Crippen LogP contribution in [0.25, 0.3) is 44.1 Å². The Balaban J connectivity index is 1.27. The van der Waals surface area contributed by atoms with Crippen molar-refractivity contribution in [3.63, 3.8) is 0 Å². The first-order chi connectivity index (χ1) is 27.8. The van der Waals surface area contributed by atoms with Crippen LogP contribution in [-0.2, 0) is 5.41 Å². The van der Waals surface area contributed by atoms with Crippen molar-refractivity contribution in [3.05, 3.63) is 193 Å². The molecular weight excluding hydrogens is 689 g/mol. The number of anilines is 6. The van der Waals surface area contributed by atoms with Crippen molar-refractivity contribution in [1.82, 2.24) is 4.48 Å². The summed E-state index contributed by atoms with van der Waals surface area (Å²) in [6.07, 6.45) is 0. The highest BCUT2D eigenvalue weighted by molar-refractivity contribution is 6.90. The summed E-state index contributed by atoms with van der Waals surface area (Å²) < 4.78 is 2.64. The number of fused-ring (bicyclic) bond motifs is 7. The molecule has 2 aliphatic rings. The number of hydrogen-bond donors (Lipinski definition) is 0.